The molecule has 0 spiro atoms. The van der Waals surface area contributed by atoms with Crippen molar-refractivity contribution in [2.75, 3.05) is 0 Å². The van der Waals surface area contributed by atoms with Gasteiger partial charge in [0.1, 0.15) is 5.82 Å². The molecule has 3 nitrogen and oxygen atoms in total. The zero-order chi connectivity index (χ0) is 9.14. The quantitative estimate of drug-likeness (QED) is 0.501. The molecular weight excluding hydrogens is 161 g/mol. The third-order valence-electron chi connectivity index (χ3n) is 1.41. The van der Waals surface area contributed by atoms with Gasteiger partial charge in [0.2, 0.25) is 0 Å². The number of benzene rings is 1. The number of nitrogens with zero attached hydrogens (tertiary/aromatic N) is 1. The summed E-state index contributed by atoms with van der Waals surface area (Å²) >= 11 is 0. The van der Waals surface area contributed by atoms with Crippen molar-refractivity contribution >= 4 is 11.8 Å². The number of nitro benzene ring substituents is 1. The minimum Gasteiger partial charge on any atom is -0.258 e. The van der Waals surface area contributed by atoms with Crippen molar-refractivity contribution in [1.29, 1.82) is 0 Å². The van der Waals surface area contributed by atoms with E-state index in [1.807, 2.05) is 0 Å². The zero-order valence-electron chi connectivity index (χ0n) is 6.16. The molecule has 0 amide bonds. The molecule has 0 unspecified atom stereocenters. The summed E-state index contributed by atoms with van der Waals surface area (Å²) in [5.41, 5.74) is 0.0615. The second-order valence-corrected chi connectivity index (χ2v) is 2.16. The number of hydrogen-bond donors (Lipinski definition) is 0. The SMILES string of the molecule is C=Cc1ccc(F)cc1[N+](=O)[O-]. The van der Waals surface area contributed by atoms with Crippen LogP contribution in [-0.2, 0) is 0 Å². The van der Waals surface area contributed by atoms with Crippen LogP contribution in [-0.4, -0.2) is 4.92 Å². The first kappa shape index (κ1) is 8.39. The summed E-state index contributed by atoms with van der Waals surface area (Å²) in [6, 6.07) is 3.35. The molecule has 0 aromatic heterocycles. The molecule has 0 fully saturated rings. The van der Waals surface area contributed by atoms with Gasteiger partial charge in [0.25, 0.3) is 5.69 Å². The molecule has 0 N–H and O–H groups in total. The maximum absolute atomic E-state index is 12.5. The highest BCUT2D eigenvalue weighted by Crippen LogP contribution is 2.20. The van der Waals surface area contributed by atoms with Gasteiger partial charge < -0.3 is 0 Å². The Morgan fingerprint density at radius 1 is 1.58 bits per heavy atom. The molecule has 0 aliphatic rings. The fourth-order valence-electron chi connectivity index (χ4n) is 0.848. The van der Waals surface area contributed by atoms with Crippen molar-refractivity contribution in [2.24, 2.45) is 0 Å². The lowest BCUT2D eigenvalue weighted by atomic mass is 10.2. The lowest BCUT2D eigenvalue weighted by molar-refractivity contribution is -0.385. The monoisotopic (exact) mass is 167 g/mol. The summed E-state index contributed by atoms with van der Waals surface area (Å²) < 4.78 is 12.5. The Morgan fingerprint density at radius 2 is 2.25 bits per heavy atom. The van der Waals surface area contributed by atoms with Crippen LogP contribution in [0.15, 0.2) is 24.8 Å². The van der Waals surface area contributed by atoms with E-state index in [1.165, 1.54) is 12.1 Å². The van der Waals surface area contributed by atoms with Crippen molar-refractivity contribution in [2.45, 2.75) is 0 Å². The lowest BCUT2D eigenvalue weighted by Crippen LogP contribution is -1.91. The molecular formula is C8H6FNO2. The van der Waals surface area contributed by atoms with Gasteiger partial charge in [0.05, 0.1) is 16.6 Å². The van der Waals surface area contributed by atoms with Gasteiger partial charge in [0, 0.05) is 0 Å². The average Bonchev–Trinajstić information content (AvgIpc) is 2.04. The van der Waals surface area contributed by atoms with Crippen LogP contribution < -0.4 is 0 Å². The maximum atomic E-state index is 12.5. The Bertz CT molecular complexity index is 336. The molecule has 1 aromatic carbocycles. The normalized spacial score (nSPS) is 9.42. The Balaban J connectivity index is 3.30. The number of nitro groups is 1. The Morgan fingerprint density at radius 3 is 2.75 bits per heavy atom. The summed E-state index contributed by atoms with van der Waals surface area (Å²) in [5.74, 6) is -0.618. The van der Waals surface area contributed by atoms with Crippen LogP contribution in [0.1, 0.15) is 5.56 Å². The van der Waals surface area contributed by atoms with Crippen LogP contribution in [0.4, 0.5) is 10.1 Å². The van der Waals surface area contributed by atoms with E-state index in [0.29, 0.717) is 5.56 Å². The van der Waals surface area contributed by atoms with Crippen molar-refractivity contribution in [1.82, 2.24) is 0 Å². The molecule has 4 heteroatoms. The van der Waals surface area contributed by atoms with E-state index in [9.17, 15) is 14.5 Å². The van der Waals surface area contributed by atoms with E-state index < -0.39 is 10.7 Å². The molecule has 0 aliphatic carbocycles. The largest absolute Gasteiger partial charge is 0.279 e. The molecule has 0 atom stereocenters. The van der Waals surface area contributed by atoms with E-state index >= 15 is 0 Å². The van der Waals surface area contributed by atoms with Crippen molar-refractivity contribution in [3.05, 3.63) is 46.3 Å². The summed E-state index contributed by atoms with van der Waals surface area (Å²) in [6.07, 6.45) is 1.32. The number of halogens is 1. The first-order chi connectivity index (χ1) is 5.65. The molecule has 0 bridgehead atoms. The van der Waals surface area contributed by atoms with Crippen molar-refractivity contribution in [3.63, 3.8) is 0 Å². The Kier molecular flexibility index (Phi) is 2.19. The molecule has 0 heterocycles. The van der Waals surface area contributed by atoms with Crippen molar-refractivity contribution in [3.8, 4) is 0 Å². The van der Waals surface area contributed by atoms with Gasteiger partial charge in [0.15, 0.2) is 0 Å². The number of hydrogen-bond acceptors (Lipinski definition) is 2. The van der Waals surface area contributed by atoms with E-state index in [0.717, 1.165) is 12.1 Å². The summed E-state index contributed by atoms with van der Waals surface area (Å²) in [7, 11) is 0. The minimum atomic E-state index is -0.639. The smallest absolute Gasteiger partial charge is 0.258 e. The first-order valence-electron chi connectivity index (χ1n) is 3.21. The molecule has 0 radical (unpaired) electrons. The third-order valence-corrected chi connectivity index (χ3v) is 1.41. The van der Waals surface area contributed by atoms with E-state index in [4.69, 9.17) is 0 Å². The Hall–Kier alpha value is -1.71. The first-order valence-corrected chi connectivity index (χ1v) is 3.21. The van der Waals surface area contributed by atoms with Gasteiger partial charge in [-0.15, -0.1) is 0 Å². The standard InChI is InChI=1S/C8H6FNO2/c1-2-6-3-4-7(9)5-8(6)10(11)12/h2-5H,1H2. The van der Waals surface area contributed by atoms with Gasteiger partial charge >= 0.3 is 0 Å². The van der Waals surface area contributed by atoms with E-state index in [2.05, 4.69) is 6.58 Å². The van der Waals surface area contributed by atoms with E-state index in [-0.39, 0.29) is 5.69 Å². The van der Waals surface area contributed by atoms with Gasteiger partial charge in [-0.25, -0.2) is 4.39 Å². The molecule has 0 saturated heterocycles. The summed E-state index contributed by atoms with van der Waals surface area (Å²) in [4.78, 5) is 9.69. The molecule has 0 aliphatic heterocycles. The highest BCUT2D eigenvalue weighted by molar-refractivity contribution is 5.59. The maximum Gasteiger partial charge on any atom is 0.279 e. The average molecular weight is 167 g/mol. The number of rotatable bonds is 2. The zero-order valence-corrected chi connectivity index (χ0v) is 6.16. The van der Waals surface area contributed by atoms with Crippen molar-refractivity contribution < 1.29 is 9.31 Å². The summed E-state index contributed by atoms with van der Waals surface area (Å²) in [6.45, 7) is 3.38. The van der Waals surface area contributed by atoms with Crippen LogP contribution in [0.3, 0.4) is 0 Å². The molecule has 12 heavy (non-hydrogen) atoms. The third kappa shape index (κ3) is 1.47. The summed E-state index contributed by atoms with van der Waals surface area (Å²) in [5, 5.41) is 10.3. The highest BCUT2D eigenvalue weighted by Gasteiger charge is 2.11. The Labute approximate surface area is 68.3 Å². The van der Waals surface area contributed by atoms with Gasteiger partial charge in [-0.2, -0.15) is 0 Å². The molecule has 0 saturated carbocycles. The van der Waals surface area contributed by atoms with Gasteiger partial charge in [-0.05, 0) is 12.1 Å². The lowest BCUT2D eigenvalue weighted by Gasteiger charge is -1.95. The van der Waals surface area contributed by atoms with Crippen LogP contribution in [0.25, 0.3) is 6.08 Å². The topological polar surface area (TPSA) is 43.1 Å². The van der Waals surface area contributed by atoms with Crippen LogP contribution in [0, 0.1) is 15.9 Å². The molecule has 1 rings (SSSR count). The second kappa shape index (κ2) is 3.13. The van der Waals surface area contributed by atoms with Gasteiger partial charge in [-0.1, -0.05) is 12.7 Å². The van der Waals surface area contributed by atoms with Crippen LogP contribution in [0.5, 0.6) is 0 Å². The predicted octanol–water partition coefficient (Wildman–Crippen LogP) is 2.38. The van der Waals surface area contributed by atoms with Crippen LogP contribution in [0.2, 0.25) is 0 Å². The highest BCUT2D eigenvalue weighted by atomic mass is 19.1. The molecule has 62 valence electrons. The fraction of sp³-hybridized carbons (Fsp3) is 0. The minimum absolute atomic E-state index is 0.259. The second-order valence-electron chi connectivity index (χ2n) is 2.16. The predicted molar refractivity (Wildman–Crippen MR) is 43.1 cm³/mol. The molecule has 1 aromatic rings. The van der Waals surface area contributed by atoms with Gasteiger partial charge in [-0.3, -0.25) is 10.1 Å². The van der Waals surface area contributed by atoms with Crippen LogP contribution >= 0.6 is 0 Å². The fourth-order valence-corrected chi connectivity index (χ4v) is 0.848. The van der Waals surface area contributed by atoms with E-state index in [1.54, 1.807) is 0 Å².